The highest BCUT2D eigenvalue weighted by Gasteiger charge is 2.31. The van der Waals surface area contributed by atoms with Crippen LogP contribution < -0.4 is 21.1 Å². The van der Waals surface area contributed by atoms with Crippen LogP contribution in [0.4, 0.5) is 5.69 Å². The molecular weight excluding hydrogens is 364 g/mol. The third-order valence-electron chi connectivity index (χ3n) is 6.63. The van der Waals surface area contributed by atoms with Gasteiger partial charge in [-0.2, -0.15) is 0 Å². The maximum Gasteiger partial charge on any atom is 0.263 e. The normalized spacial score (nSPS) is 22.6. The van der Waals surface area contributed by atoms with Gasteiger partial charge in [-0.25, -0.2) is 0 Å². The highest BCUT2D eigenvalue weighted by molar-refractivity contribution is 5.93. The Labute approximate surface area is 170 Å². The van der Waals surface area contributed by atoms with Crippen molar-refractivity contribution in [3.63, 3.8) is 0 Å². The molecule has 2 N–H and O–H groups in total. The minimum absolute atomic E-state index is 0.139. The topological polar surface area (TPSA) is 66.4 Å². The van der Waals surface area contributed by atoms with E-state index in [4.69, 9.17) is 0 Å². The highest BCUT2D eigenvalue weighted by Crippen LogP contribution is 2.31. The van der Waals surface area contributed by atoms with Gasteiger partial charge in [-0.1, -0.05) is 18.2 Å². The van der Waals surface area contributed by atoms with Gasteiger partial charge in [-0.15, -0.1) is 0 Å². The maximum absolute atomic E-state index is 13.0. The molecule has 1 amide bonds. The summed E-state index contributed by atoms with van der Waals surface area (Å²) in [4.78, 5) is 28.0. The molecule has 152 valence electrons. The minimum atomic E-state index is -0.260. The average Bonchev–Trinajstić information content (AvgIpc) is 2.75. The number of para-hydroxylation sites is 1. The summed E-state index contributed by atoms with van der Waals surface area (Å²) in [6.07, 6.45) is 3.38. The molecule has 1 saturated heterocycles. The van der Waals surface area contributed by atoms with Crippen molar-refractivity contribution in [3.05, 3.63) is 63.6 Å². The van der Waals surface area contributed by atoms with E-state index in [1.807, 2.05) is 10.6 Å². The first-order chi connectivity index (χ1) is 14.2. The molecule has 4 heterocycles. The fourth-order valence-electron chi connectivity index (χ4n) is 5.21. The molecule has 1 fully saturated rings. The molecular formula is C23H28N4O2. The fraction of sp³-hybridized carbons (Fsp3) is 0.478. The number of piperidine rings is 1. The number of amides is 1. The quantitative estimate of drug-likeness (QED) is 0.832. The highest BCUT2D eigenvalue weighted by atomic mass is 16.2. The lowest BCUT2D eigenvalue weighted by Gasteiger charge is -2.37. The molecule has 3 aliphatic heterocycles. The summed E-state index contributed by atoms with van der Waals surface area (Å²) in [5.41, 5.74) is 3.83. The monoisotopic (exact) mass is 392 g/mol. The van der Waals surface area contributed by atoms with E-state index >= 15 is 0 Å². The molecule has 0 radical (unpaired) electrons. The molecule has 1 aromatic carbocycles. The molecule has 0 spiro atoms. The molecule has 6 heteroatoms. The van der Waals surface area contributed by atoms with Gasteiger partial charge < -0.3 is 20.1 Å². The van der Waals surface area contributed by atoms with Crippen LogP contribution in [-0.4, -0.2) is 43.2 Å². The largest absolute Gasteiger partial charge is 0.370 e. The van der Waals surface area contributed by atoms with Crippen LogP contribution in [0.3, 0.4) is 0 Å². The van der Waals surface area contributed by atoms with Crippen LogP contribution in [-0.2, 0) is 13.0 Å². The molecule has 2 atom stereocenters. The van der Waals surface area contributed by atoms with Gasteiger partial charge in [0, 0.05) is 50.0 Å². The molecule has 6 nitrogen and oxygen atoms in total. The molecule has 2 aromatic rings. The molecule has 2 bridgehead atoms. The van der Waals surface area contributed by atoms with Crippen molar-refractivity contribution in [2.24, 2.45) is 5.92 Å². The van der Waals surface area contributed by atoms with Crippen LogP contribution in [0.2, 0.25) is 0 Å². The lowest BCUT2D eigenvalue weighted by Crippen LogP contribution is -2.46. The van der Waals surface area contributed by atoms with E-state index in [0.29, 0.717) is 24.9 Å². The molecule has 0 saturated carbocycles. The van der Waals surface area contributed by atoms with E-state index < -0.39 is 0 Å². The molecule has 0 aliphatic carbocycles. The standard InChI is InChI=1S/C23H28N4O2/c28-22(25-9-11-26-10-3-5-17-4-1-2-6-20(17)26)19-7-8-21-18-12-16(13-24-14-18)15-27(21)23(19)29/h1-2,4,6-8,16,18,24H,3,5,9-15H2,(H,25,28)/t16-,18+/m0/s1. The number of aryl methyl sites for hydroxylation is 1. The predicted octanol–water partition coefficient (Wildman–Crippen LogP) is 1.74. The lowest BCUT2D eigenvalue weighted by molar-refractivity contribution is 0.0951. The van der Waals surface area contributed by atoms with E-state index in [0.717, 1.165) is 51.1 Å². The second-order valence-corrected chi connectivity index (χ2v) is 8.52. The number of nitrogens with one attached hydrogen (secondary N) is 2. The smallest absolute Gasteiger partial charge is 0.263 e. The zero-order chi connectivity index (χ0) is 19.8. The summed E-state index contributed by atoms with van der Waals surface area (Å²) in [7, 11) is 0. The number of pyridine rings is 1. The Morgan fingerprint density at radius 3 is 3.00 bits per heavy atom. The van der Waals surface area contributed by atoms with Crippen molar-refractivity contribution in [2.45, 2.75) is 31.7 Å². The molecule has 0 unspecified atom stereocenters. The summed E-state index contributed by atoms with van der Waals surface area (Å²) in [5, 5.41) is 6.42. The number of anilines is 1. The predicted molar refractivity (Wildman–Crippen MR) is 114 cm³/mol. The van der Waals surface area contributed by atoms with Crippen molar-refractivity contribution < 1.29 is 4.79 Å². The molecule has 29 heavy (non-hydrogen) atoms. The summed E-state index contributed by atoms with van der Waals surface area (Å²) in [6.45, 7) is 4.87. The number of hydrogen-bond donors (Lipinski definition) is 2. The molecule has 3 aliphatic rings. The van der Waals surface area contributed by atoms with E-state index in [-0.39, 0.29) is 17.0 Å². The molecule has 1 aromatic heterocycles. The Morgan fingerprint density at radius 1 is 1.17 bits per heavy atom. The van der Waals surface area contributed by atoms with Crippen molar-refractivity contribution in [2.75, 3.05) is 37.6 Å². The van der Waals surface area contributed by atoms with Crippen molar-refractivity contribution in [1.82, 2.24) is 15.2 Å². The second kappa shape index (κ2) is 7.67. The summed E-state index contributed by atoms with van der Waals surface area (Å²) < 4.78 is 1.84. The van der Waals surface area contributed by atoms with Crippen LogP contribution in [0.15, 0.2) is 41.2 Å². The Morgan fingerprint density at radius 2 is 2.07 bits per heavy atom. The zero-order valence-electron chi connectivity index (χ0n) is 16.7. The molecule has 5 rings (SSSR count). The summed E-state index contributed by atoms with van der Waals surface area (Å²) in [6, 6.07) is 12.2. The van der Waals surface area contributed by atoms with E-state index in [2.05, 4.69) is 39.8 Å². The fourth-order valence-corrected chi connectivity index (χ4v) is 5.21. The van der Waals surface area contributed by atoms with Crippen molar-refractivity contribution >= 4 is 11.6 Å². The minimum Gasteiger partial charge on any atom is -0.370 e. The number of rotatable bonds is 4. The maximum atomic E-state index is 13.0. The van der Waals surface area contributed by atoms with Crippen LogP contribution >= 0.6 is 0 Å². The lowest BCUT2D eigenvalue weighted by atomic mass is 9.84. The third-order valence-corrected chi connectivity index (χ3v) is 6.63. The first kappa shape index (κ1) is 18.4. The van der Waals surface area contributed by atoms with E-state index in [9.17, 15) is 9.59 Å². The van der Waals surface area contributed by atoms with Gasteiger partial charge in [0.15, 0.2) is 0 Å². The van der Waals surface area contributed by atoms with E-state index in [1.54, 1.807) is 6.07 Å². The average molecular weight is 393 g/mol. The van der Waals surface area contributed by atoms with Crippen LogP contribution in [0.5, 0.6) is 0 Å². The Balaban J connectivity index is 1.27. The second-order valence-electron chi connectivity index (χ2n) is 8.52. The van der Waals surface area contributed by atoms with Gasteiger partial charge in [-0.3, -0.25) is 9.59 Å². The van der Waals surface area contributed by atoms with Crippen LogP contribution in [0.25, 0.3) is 0 Å². The Hall–Kier alpha value is -2.60. The number of nitrogens with zero attached hydrogens (tertiary/aromatic N) is 2. The Kier molecular flexibility index (Phi) is 4.87. The number of carbonyl (C=O) groups excluding carboxylic acids is 1. The Bertz CT molecular complexity index is 983. The third kappa shape index (κ3) is 3.46. The number of carbonyl (C=O) groups is 1. The van der Waals surface area contributed by atoms with Gasteiger partial charge in [0.2, 0.25) is 0 Å². The summed E-state index contributed by atoms with van der Waals surface area (Å²) in [5.74, 6) is 0.604. The van der Waals surface area contributed by atoms with E-state index in [1.165, 1.54) is 11.3 Å². The zero-order valence-corrected chi connectivity index (χ0v) is 16.7. The SMILES string of the molecule is O=C(NCCN1CCCc2ccccc21)c1ccc2n(c1=O)C[C@@H]1CNC[C@H]2C1. The van der Waals surface area contributed by atoms with Crippen LogP contribution in [0, 0.1) is 5.92 Å². The van der Waals surface area contributed by atoms with Gasteiger partial charge in [0.05, 0.1) is 0 Å². The van der Waals surface area contributed by atoms with Gasteiger partial charge >= 0.3 is 0 Å². The van der Waals surface area contributed by atoms with Gasteiger partial charge in [-0.05, 0) is 55.5 Å². The first-order valence-corrected chi connectivity index (χ1v) is 10.8. The van der Waals surface area contributed by atoms with Crippen LogP contribution in [0.1, 0.15) is 40.4 Å². The van der Waals surface area contributed by atoms with Crippen molar-refractivity contribution in [1.29, 1.82) is 0 Å². The number of aromatic nitrogens is 1. The van der Waals surface area contributed by atoms with Gasteiger partial charge in [0.1, 0.15) is 5.56 Å². The number of benzene rings is 1. The van der Waals surface area contributed by atoms with Crippen molar-refractivity contribution in [3.8, 4) is 0 Å². The number of fused-ring (bicyclic) bond motifs is 5. The van der Waals surface area contributed by atoms with Gasteiger partial charge in [0.25, 0.3) is 11.5 Å². The first-order valence-electron chi connectivity index (χ1n) is 10.8. The number of hydrogen-bond acceptors (Lipinski definition) is 4. The summed E-state index contributed by atoms with van der Waals surface area (Å²) >= 11 is 0.